The Morgan fingerprint density at radius 2 is 1.42 bits per heavy atom. The van der Waals surface area contributed by atoms with Crippen LogP contribution in [0.4, 0.5) is 11.4 Å². The number of amides is 1. The third-order valence-electron chi connectivity index (χ3n) is 3.80. The second-order valence-corrected chi connectivity index (χ2v) is 5.91. The first kappa shape index (κ1) is 16.1. The molecule has 1 amide bonds. The Morgan fingerprint density at radius 1 is 0.875 bits per heavy atom. The van der Waals surface area contributed by atoms with Crippen LogP contribution in [0, 0.1) is 0 Å². The molecule has 3 N–H and O–H groups in total. The third kappa shape index (κ3) is 3.58. The summed E-state index contributed by atoms with van der Waals surface area (Å²) in [5.74, 6) is -0.552. The van der Waals surface area contributed by atoms with E-state index in [-0.39, 0.29) is 5.91 Å². The average molecular weight is 337 g/mol. The number of hydrogen-bond donors (Lipinski definition) is 2. The van der Waals surface area contributed by atoms with Crippen molar-refractivity contribution in [1.82, 2.24) is 0 Å². The van der Waals surface area contributed by atoms with Crippen molar-refractivity contribution in [3.63, 3.8) is 0 Å². The van der Waals surface area contributed by atoms with Gasteiger partial charge in [-0.3, -0.25) is 4.79 Å². The number of carbonyl (C=O) groups excluding carboxylic acids is 1. The largest absolute Gasteiger partial charge is 0.397 e. The summed E-state index contributed by atoms with van der Waals surface area (Å²) < 4.78 is 0. The molecular formula is C20H17ClN2O. The van der Waals surface area contributed by atoms with E-state index in [1.165, 1.54) is 0 Å². The number of rotatable bonds is 4. The van der Waals surface area contributed by atoms with Gasteiger partial charge in [-0.15, -0.1) is 0 Å². The maximum atomic E-state index is 13.0. The van der Waals surface area contributed by atoms with E-state index in [0.717, 1.165) is 11.1 Å². The molecule has 0 aliphatic carbocycles. The van der Waals surface area contributed by atoms with Gasteiger partial charge in [-0.25, -0.2) is 0 Å². The molecule has 3 aromatic rings. The molecule has 0 atom stereocenters. The number of nitrogens with one attached hydrogen (secondary N) is 1. The number of halogens is 1. The van der Waals surface area contributed by atoms with E-state index in [0.29, 0.717) is 16.4 Å². The minimum Gasteiger partial charge on any atom is -0.397 e. The van der Waals surface area contributed by atoms with Crippen LogP contribution < -0.4 is 11.1 Å². The Bertz CT molecular complexity index is 795. The fourth-order valence-corrected chi connectivity index (χ4v) is 2.82. The molecule has 24 heavy (non-hydrogen) atoms. The summed E-state index contributed by atoms with van der Waals surface area (Å²) in [6, 6.07) is 24.4. The van der Waals surface area contributed by atoms with Gasteiger partial charge in [0.2, 0.25) is 5.91 Å². The highest BCUT2D eigenvalue weighted by molar-refractivity contribution is 6.31. The van der Waals surface area contributed by atoms with Gasteiger partial charge in [0.25, 0.3) is 0 Å². The minimum atomic E-state index is -0.414. The van der Waals surface area contributed by atoms with Crippen LogP contribution in [0.3, 0.4) is 0 Å². The Kier molecular flexibility index (Phi) is 4.82. The molecule has 0 spiro atoms. The summed E-state index contributed by atoms with van der Waals surface area (Å²) in [6.45, 7) is 0. The summed E-state index contributed by atoms with van der Waals surface area (Å²) in [5.41, 5.74) is 8.79. The van der Waals surface area contributed by atoms with E-state index in [1.807, 2.05) is 60.7 Å². The van der Waals surface area contributed by atoms with Crippen LogP contribution in [0.15, 0.2) is 78.9 Å². The van der Waals surface area contributed by atoms with E-state index in [9.17, 15) is 4.79 Å². The van der Waals surface area contributed by atoms with Crippen LogP contribution in [0.25, 0.3) is 0 Å². The summed E-state index contributed by atoms with van der Waals surface area (Å²) in [4.78, 5) is 13.0. The molecule has 0 bridgehead atoms. The van der Waals surface area contributed by atoms with Crippen molar-refractivity contribution in [2.45, 2.75) is 5.92 Å². The maximum absolute atomic E-state index is 13.0. The molecule has 0 aliphatic rings. The summed E-state index contributed by atoms with van der Waals surface area (Å²) >= 11 is 5.92. The zero-order valence-corrected chi connectivity index (χ0v) is 13.7. The standard InChI is InChI=1S/C20H17ClN2O/c21-16-11-12-18(17(22)13-16)23-20(24)19(14-7-3-1-4-8-14)15-9-5-2-6-10-15/h1-13,19H,22H2,(H,23,24). The molecule has 0 fully saturated rings. The number of nitrogen functional groups attached to an aromatic ring is 1. The zero-order valence-electron chi connectivity index (χ0n) is 12.9. The quantitative estimate of drug-likeness (QED) is 0.679. The molecule has 0 aliphatic heterocycles. The van der Waals surface area contributed by atoms with E-state index in [2.05, 4.69) is 5.32 Å². The topological polar surface area (TPSA) is 55.1 Å². The average Bonchev–Trinajstić information content (AvgIpc) is 2.60. The van der Waals surface area contributed by atoms with Crippen molar-refractivity contribution in [3.8, 4) is 0 Å². The minimum absolute atomic E-state index is 0.138. The normalized spacial score (nSPS) is 10.6. The number of nitrogens with two attached hydrogens (primary N) is 1. The lowest BCUT2D eigenvalue weighted by Gasteiger charge is -2.18. The molecule has 120 valence electrons. The molecule has 0 saturated carbocycles. The van der Waals surface area contributed by atoms with Gasteiger partial charge in [0.15, 0.2) is 0 Å². The molecule has 0 aromatic heterocycles. The highest BCUT2D eigenvalue weighted by Crippen LogP contribution is 2.28. The number of benzene rings is 3. The Hall–Kier alpha value is -2.78. The predicted molar refractivity (Wildman–Crippen MR) is 99.2 cm³/mol. The van der Waals surface area contributed by atoms with Crippen molar-refractivity contribution in [1.29, 1.82) is 0 Å². The molecule has 3 rings (SSSR count). The van der Waals surface area contributed by atoms with Crippen LogP contribution in [0.1, 0.15) is 17.0 Å². The first-order valence-corrected chi connectivity index (χ1v) is 7.99. The van der Waals surface area contributed by atoms with Crippen LogP contribution in [-0.4, -0.2) is 5.91 Å². The van der Waals surface area contributed by atoms with Gasteiger partial charge in [-0.2, -0.15) is 0 Å². The first-order valence-electron chi connectivity index (χ1n) is 7.61. The van der Waals surface area contributed by atoms with Crippen LogP contribution in [-0.2, 0) is 4.79 Å². The van der Waals surface area contributed by atoms with Crippen LogP contribution in [0.2, 0.25) is 5.02 Å². The van der Waals surface area contributed by atoms with Crippen molar-refractivity contribution in [2.24, 2.45) is 0 Å². The van der Waals surface area contributed by atoms with Crippen LogP contribution >= 0.6 is 11.6 Å². The van der Waals surface area contributed by atoms with Gasteiger partial charge < -0.3 is 11.1 Å². The highest BCUT2D eigenvalue weighted by atomic mass is 35.5. The smallest absolute Gasteiger partial charge is 0.236 e. The van der Waals surface area contributed by atoms with Gasteiger partial charge in [-0.1, -0.05) is 72.3 Å². The Labute approximate surface area is 146 Å². The second-order valence-electron chi connectivity index (χ2n) is 5.48. The van der Waals surface area contributed by atoms with Gasteiger partial charge in [0.1, 0.15) is 0 Å². The van der Waals surface area contributed by atoms with Gasteiger partial charge in [0.05, 0.1) is 17.3 Å². The lowest BCUT2D eigenvalue weighted by atomic mass is 9.90. The Balaban J connectivity index is 1.95. The number of anilines is 2. The third-order valence-corrected chi connectivity index (χ3v) is 4.03. The fraction of sp³-hybridized carbons (Fsp3) is 0.0500. The summed E-state index contributed by atoms with van der Waals surface area (Å²) in [5, 5.41) is 3.45. The first-order chi connectivity index (χ1) is 11.6. The van der Waals surface area contributed by atoms with Gasteiger partial charge in [0, 0.05) is 5.02 Å². The zero-order chi connectivity index (χ0) is 16.9. The SMILES string of the molecule is Nc1cc(Cl)ccc1NC(=O)C(c1ccccc1)c1ccccc1. The van der Waals surface area contributed by atoms with E-state index >= 15 is 0 Å². The fourth-order valence-electron chi connectivity index (χ4n) is 2.64. The molecule has 0 unspecified atom stereocenters. The lowest BCUT2D eigenvalue weighted by Crippen LogP contribution is -2.22. The van der Waals surface area contributed by atoms with Crippen molar-refractivity contribution in [2.75, 3.05) is 11.1 Å². The van der Waals surface area contributed by atoms with E-state index in [4.69, 9.17) is 17.3 Å². The van der Waals surface area contributed by atoms with Crippen molar-refractivity contribution >= 4 is 28.9 Å². The van der Waals surface area contributed by atoms with Crippen molar-refractivity contribution < 1.29 is 4.79 Å². The summed E-state index contributed by atoms with van der Waals surface area (Å²) in [6.07, 6.45) is 0. The van der Waals surface area contributed by atoms with Gasteiger partial charge >= 0.3 is 0 Å². The predicted octanol–water partition coefficient (Wildman–Crippen LogP) is 4.69. The molecule has 0 saturated heterocycles. The van der Waals surface area contributed by atoms with Gasteiger partial charge in [-0.05, 0) is 29.3 Å². The molecule has 0 radical (unpaired) electrons. The molecule has 3 nitrogen and oxygen atoms in total. The second kappa shape index (κ2) is 7.20. The molecule has 0 heterocycles. The maximum Gasteiger partial charge on any atom is 0.236 e. The molecule has 4 heteroatoms. The molecule has 3 aromatic carbocycles. The van der Waals surface area contributed by atoms with E-state index < -0.39 is 5.92 Å². The van der Waals surface area contributed by atoms with Crippen LogP contribution in [0.5, 0.6) is 0 Å². The van der Waals surface area contributed by atoms with E-state index in [1.54, 1.807) is 18.2 Å². The summed E-state index contributed by atoms with van der Waals surface area (Å²) in [7, 11) is 0. The highest BCUT2D eigenvalue weighted by Gasteiger charge is 2.23. The molecular weight excluding hydrogens is 320 g/mol. The van der Waals surface area contributed by atoms with Crippen molar-refractivity contribution in [3.05, 3.63) is 95.0 Å². The monoisotopic (exact) mass is 336 g/mol. The lowest BCUT2D eigenvalue weighted by molar-refractivity contribution is -0.116. The number of hydrogen-bond acceptors (Lipinski definition) is 2. The Morgan fingerprint density at radius 3 is 1.92 bits per heavy atom. The number of carbonyl (C=O) groups is 1.